The Morgan fingerprint density at radius 2 is 2.25 bits per heavy atom. The minimum Gasteiger partial charge on any atom is -0.349 e. The third-order valence-electron chi connectivity index (χ3n) is 1.30. The van der Waals surface area contributed by atoms with E-state index >= 15 is 0 Å². The number of nitrogens with zero attached hydrogens (tertiary/aromatic N) is 2. The zero-order valence-electron chi connectivity index (χ0n) is 5.77. The Bertz CT molecular complexity index is 334. The molecule has 0 saturated heterocycles. The summed E-state index contributed by atoms with van der Waals surface area (Å²) in [6.45, 7) is 0.678. The van der Waals surface area contributed by atoms with Gasteiger partial charge in [0.2, 0.25) is 0 Å². The van der Waals surface area contributed by atoms with Crippen molar-refractivity contribution < 1.29 is 0 Å². The summed E-state index contributed by atoms with van der Waals surface area (Å²) in [7, 11) is 0. The molecule has 0 fully saturated rings. The molecule has 0 unspecified atom stereocenters. The summed E-state index contributed by atoms with van der Waals surface area (Å²) >= 11 is 8.19. The summed E-state index contributed by atoms with van der Waals surface area (Å²) in [4.78, 5) is 5.17. The largest absolute Gasteiger partial charge is 0.349 e. The van der Waals surface area contributed by atoms with Gasteiger partial charge in [-0.1, -0.05) is 0 Å². The van der Waals surface area contributed by atoms with Crippen molar-refractivity contribution in [2.24, 2.45) is 5.10 Å². The molecule has 1 aliphatic rings. The number of hydrogen-bond donors (Lipinski definition) is 2. The van der Waals surface area contributed by atoms with E-state index in [0.717, 1.165) is 19.2 Å². The van der Waals surface area contributed by atoms with Gasteiger partial charge in [0.1, 0.15) is 16.1 Å². The summed E-state index contributed by atoms with van der Waals surface area (Å²) in [6.07, 6.45) is 0. The van der Waals surface area contributed by atoms with Gasteiger partial charge in [-0.05, 0) is 31.9 Å². The zero-order chi connectivity index (χ0) is 8.55. The lowest BCUT2D eigenvalue weighted by Crippen LogP contribution is -2.20. The minimum absolute atomic E-state index is 0.678. The van der Waals surface area contributed by atoms with Crippen LogP contribution < -0.4 is 10.7 Å². The van der Waals surface area contributed by atoms with Crippen LogP contribution in [-0.4, -0.2) is 17.5 Å². The summed E-state index contributed by atoms with van der Waals surface area (Å²) in [6, 6.07) is 0. The van der Waals surface area contributed by atoms with Crippen LogP contribution >= 0.6 is 43.2 Å². The minimum atomic E-state index is 0.678. The third-order valence-corrected chi connectivity index (χ3v) is 3.65. The van der Waals surface area contributed by atoms with Crippen molar-refractivity contribution in [2.75, 3.05) is 6.67 Å². The van der Waals surface area contributed by atoms with Crippen LogP contribution in [0.15, 0.2) is 13.6 Å². The van der Waals surface area contributed by atoms with Gasteiger partial charge in [-0.3, -0.25) is 5.43 Å². The van der Waals surface area contributed by atoms with E-state index in [1.165, 1.54) is 11.3 Å². The van der Waals surface area contributed by atoms with Crippen molar-refractivity contribution in [1.29, 1.82) is 0 Å². The van der Waals surface area contributed by atoms with Crippen LogP contribution in [0.25, 0.3) is 0 Å². The van der Waals surface area contributed by atoms with Crippen LogP contribution in [0.4, 0.5) is 0 Å². The Labute approximate surface area is 89.7 Å². The molecule has 0 atom stereocenters. The molecule has 4 nitrogen and oxygen atoms in total. The van der Waals surface area contributed by atoms with Crippen LogP contribution in [0.2, 0.25) is 0 Å². The van der Waals surface area contributed by atoms with Gasteiger partial charge in [0.25, 0.3) is 0 Å². The van der Waals surface area contributed by atoms with E-state index in [0.29, 0.717) is 6.67 Å². The lowest BCUT2D eigenvalue weighted by molar-refractivity contribution is 0.773. The van der Waals surface area contributed by atoms with Crippen molar-refractivity contribution >= 4 is 49.0 Å². The predicted molar refractivity (Wildman–Crippen MR) is 55.2 cm³/mol. The highest BCUT2D eigenvalue weighted by atomic mass is 79.9. The standard InChI is InChI=1S/C5H4Br2N4S/c6-3-2(12-5(7)10-3)4-8-1-9-11-4/h9H,1H2,(H,8,11). The van der Waals surface area contributed by atoms with Gasteiger partial charge in [0.15, 0.2) is 9.75 Å². The van der Waals surface area contributed by atoms with Crippen LogP contribution in [0, 0.1) is 0 Å². The molecule has 1 aliphatic heterocycles. The predicted octanol–water partition coefficient (Wildman–Crippen LogP) is 1.48. The maximum absolute atomic E-state index is 4.16. The first kappa shape index (κ1) is 8.46. The fraction of sp³-hybridized carbons (Fsp3) is 0.200. The van der Waals surface area contributed by atoms with E-state index in [1.807, 2.05) is 0 Å². The van der Waals surface area contributed by atoms with Crippen molar-refractivity contribution in [3.05, 3.63) is 13.4 Å². The lowest BCUT2D eigenvalue weighted by atomic mass is 10.5. The number of rotatable bonds is 1. The summed E-state index contributed by atoms with van der Waals surface area (Å²) in [5.74, 6) is 0.838. The molecular formula is C5H4Br2N4S. The number of thiazole rings is 1. The second-order valence-corrected chi connectivity index (χ2v) is 5.09. The molecule has 2 rings (SSSR count). The Balaban J connectivity index is 2.38. The molecule has 1 aromatic rings. The Hall–Kier alpha value is -0.140. The van der Waals surface area contributed by atoms with E-state index in [-0.39, 0.29) is 0 Å². The number of aromatic nitrogens is 1. The molecule has 0 bridgehead atoms. The summed E-state index contributed by atoms with van der Waals surface area (Å²) in [5.41, 5.74) is 2.83. The molecule has 2 heterocycles. The first-order valence-electron chi connectivity index (χ1n) is 3.14. The van der Waals surface area contributed by atoms with Gasteiger partial charge < -0.3 is 5.32 Å². The summed E-state index contributed by atoms with van der Waals surface area (Å²) in [5, 5.41) is 7.14. The second kappa shape index (κ2) is 3.31. The fourth-order valence-electron chi connectivity index (χ4n) is 0.836. The maximum Gasteiger partial charge on any atom is 0.167 e. The number of hydrazone groups is 1. The molecule has 0 amide bonds. The van der Waals surface area contributed by atoms with Crippen LogP contribution in [-0.2, 0) is 0 Å². The third kappa shape index (κ3) is 1.48. The first-order chi connectivity index (χ1) is 5.77. The van der Waals surface area contributed by atoms with E-state index in [9.17, 15) is 0 Å². The smallest absolute Gasteiger partial charge is 0.167 e. The first-order valence-corrected chi connectivity index (χ1v) is 5.54. The van der Waals surface area contributed by atoms with Gasteiger partial charge in [0, 0.05) is 0 Å². The molecule has 0 aliphatic carbocycles. The normalized spacial score (nSPS) is 15.3. The van der Waals surface area contributed by atoms with Crippen molar-refractivity contribution in [3.63, 3.8) is 0 Å². The van der Waals surface area contributed by atoms with Gasteiger partial charge in [0.05, 0.1) is 0 Å². The number of halogens is 2. The highest BCUT2D eigenvalue weighted by Gasteiger charge is 2.15. The van der Waals surface area contributed by atoms with E-state index in [1.54, 1.807) is 0 Å². The second-order valence-electron chi connectivity index (χ2n) is 2.06. The molecule has 0 radical (unpaired) electrons. The van der Waals surface area contributed by atoms with Gasteiger partial charge >= 0.3 is 0 Å². The molecule has 1 aromatic heterocycles. The van der Waals surface area contributed by atoms with Gasteiger partial charge in [-0.25, -0.2) is 4.98 Å². The van der Waals surface area contributed by atoms with Crippen molar-refractivity contribution in [1.82, 2.24) is 15.7 Å². The van der Waals surface area contributed by atoms with Crippen LogP contribution in [0.5, 0.6) is 0 Å². The molecule has 0 aromatic carbocycles. The van der Waals surface area contributed by atoms with Gasteiger partial charge in [-0.2, -0.15) is 5.10 Å². The maximum atomic E-state index is 4.16. The summed E-state index contributed by atoms with van der Waals surface area (Å²) < 4.78 is 1.66. The Kier molecular flexibility index (Phi) is 2.33. The van der Waals surface area contributed by atoms with Crippen LogP contribution in [0.3, 0.4) is 0 Å². The highest BCUT2D eigenvalue weighted by molar-refractivity contribution is 9.11. The van der Waals surface area contributed by atoms with Crippen molar-refractivity contribution in [3.8, 4) is 0 Å². The average Bonchev–Trinajstić information content (AvgIpc) is 2.58. The quantitative estimate of drug-likeness (QED) is 0.826. The number of amidine groups is 1. The number of hydrogen-bond acceptors (Lipinski definition) is 5. The van der Waals surface area contributed by atoms with Crippen LogP contribution in [0.1, 0.15) is 4.88 Å². The molecule has 7 heteroatoms. The average molecular weight is 312 g/mol. The lowest BCUT2D eigenvalue weighted by Gasteiger charge is -1.94. The van der Waals surface area contributed by atoms with E-state index in [4.69, 9.17) is 0 Å². The zero-order valence-corrected chi connectivity index (χ0v) is 9.75. The van der Waals surface area contributed by atoms with Gasteiger partial charge in [-0.15, -0.1) is 11.3 Å². The molecule has 12 heavy (non-hydrogen) atoms. The van der Waals surface area contributed by atoms with Crippen molar-refractivity contribution in [2.45, 2.75) is 0 Å². The van der Waals surface area contributed by atoms with E-state index < -0.39 is 0 Å². The Morgan fingerprint density at radius 1 is 1.42 bits per heavy atom. The molecule has 2 N–H and O–H groups in total. The highest BCUT2D eigenvalue weighted by Crippen LogP contribution is 2.27. The SMILES string of the molecule is Brc1nc(Br)c(C2=NNCN2)s1. The molecule has 64 valence electrons. The molecule has 0 spiro atoms. The molecule has 0 saturated carbocycles. The molecular weight excluding hydrogens is 308 g/mol. The fourth-order valence-corrected chi connectivity index (χ4v) is 3.11. The van der Waals surface area contributed by atoms with E-state index in [2.05, 4.69) is 52.7 Å². The topological polar surface area (TPSA) is 49.3 Å². The Morgan fingerprint density at radius 3 is 2.75 bits per heavy atom. The number of nitrogens with one attached hydrogen (secondary N) is 2. The monoisotopic (exact) mass is 310 g/mol.